The van der Waals surface area contributed by atoms with Crippen LogP contribution in [-0.4, -0.2) is 36.7 Å². The molecule has 0 radical (unpaired) electrons. The van der Waals surface area contributed by atoms with Gasteiger partial charge >= 0.3 is 0 Å². The Bertz CT molecular complexity index is 434. The van der Waals surface area contributed by atoms with E-state index in [0.29, 0.717) is 19.4 Å². The fraction of sp³-hybridized carbons (Fsp3) is 0.571. The summed E-state index contributed by atoms with van der Waals surface area (Å²) in [4.78, 5) is 16.5. The van der Waals surface area contributed by atoms with Gasteiger partial charge < -0.3 is 15.4 Å². The zero-order chi connectivity index (χ0) is 13.7. The van der Waals surface area contributed by atoms with Crippen molar-refractivity contribution in [3.05, 3.63) is 29.6 Å². The lowest BCUT2D eigenvalue weighted by atomic mass is 9.91. The van der Waals surface area contributed by atoms with Gasteiger partial charge in [0.2, 0.25) is 0 Å². The van der Waals surface area contributed by atoms with Crippen LogP contribution in [0.5, 0.6) is 0 Å². The van der Waals surface area contributed by atoms with Crippen molar-refractivity contribution in [2.45, 2.75) is 31.9 Å². The molecular formula is C14H23Cl2N3O2. The van der Waals surface area contributed by atoms with Crippen molar-refractivity contribution >= 4 is 30.7 Å². The fourth-order valence-corrected chi connectivity index (χ4v) is 2.30. The molecule has 1 saturated heterocycles. The van der Waals surface area contributed by atoms with Crippen molar-refractivity contribution in [2.75, 3.05) is 20.2 Å². The first-order chi connectivity index (χ1) is 9.16. The monoisotopic (exact) mass is 335 g/mol. The standard InChI is InChI=1S/C14H21N3O2.2ClH/c1-11-3-4-12(9-16-11)10-17-13(18)14(19-2)5-7-15-8-6-14;;/h3-4,9,15H,5-8,10H2,1-2H3,(H,17,18);2*1H. The number of pyridine rings is 1. The van der Waals surface area contributed by atoms with Crippen molar-refractivity contribution < 1.29 is 9.53 Å². The van der Waals surface area contributed by atoms with Gasteiger partial charge in [-0.2, -0.15) is 0 Å². The zero-order valence-electron chi connectivity index (χ0n) is 12.3. The number of amides is 1. The largest absolute Gasteiger partial charge is 0.368 e. The Balaban J connectivity index is 0.00000200. The average molecular weight is 336 g/mol. The second-order valence-corrected chi connectivity index (χ2v) is 4.94. The number of ether oxygens (including phenoxy) is 1. The number of aryl methyl sites for hydroxylation is 1. The first-order valence-electron chi connectivity index (χ1n) is 6.62. The average Bonchev–Trinajstić information content (AvgIpc) is 2.47. The summed E-state index contributed by atoms with van der Waals surface area (Å²) in [5.74, 6) is -0.0305. The molecule has 1 aromatic rings. The van der Waals surface area contributed by atoms with Gasteiger partial charge in [0.05, 0.1) is 0 Å². The van der Waals surface area contributed by atoms with Crippen molar-refractivity contribution in [2.24, 2.45) is 0 Å². The van der Waals surface area contributed by atoms with Crippen LogP contribution in [0.3, 0.4) is 0 Å². The van der Waals surface area contributed by atoms with Gasteiger partial charge in [0.15, 0.2) is 0 Å². The van der Waals surface area contributed by atoms with Crippen molar-refractivity contribution in [1.82, 2.24) is 15.6 Å². The number of hydrogen-bond acceptors (Lipinski definition) is 4. The van der Waals surface area contributed by atoms with Gasteiger partial charge in [-0.3, -0.25) is 9.78 Å². The first-order valence-corrected chi connectivity index (χ1v) is 6.62. The molecule has 21 heavy (non-hydrogen) atoms. The van der Waals surface area contributed by atoms with Crippen LogP contribution in [-0.2, 0) is 16.1 Å². The van der Waals surface area contributed by atoms with Crippen LogP contribution in [0.2, 0.25) is 0 Å². The molecule has 0 saturated carbocycles. The highest BCUT2D eigenvalue weighted by atomic mass is 35.5. The normalized spacial score (nSPS) is 16.3. The van der Waals surface area contributed by atoms with E-state index in [-0.39, 0.29) is 30.7 Å². The molecule has 5 nitrogen and oxygen atoms in total. The van der Waals surface area contributed by atoms with Crippen molar-refractivity contribution in [3.63, 3.8) is 0 Å². The number of halogens is 2. The Kier molecular flexibility index (Phi) is 8.82. The SMILES string of the molecule is COC1(C(=O)NCc2ccc(C)nc2)CCNCC1.Cl.Cl. The minimum Gasteiger partial charge on any atom is -0.368 e. The summed E-state index contributed by atoms with van der Waals surface area (Å²) >= 11 is 0. The van der Waals surface area contributed by atoms with E-state index in [1.165, 1.54) is 0 Å². The van der Waals surface area contributed by atoms with Crippen LogP contribution in [0.25, 0.3) is 0 Å². The molecule has 1 amide bonds. The molecule has 0 atom stereocenters. The Morgan fingerprint density at radius 1 is 1.38 bits per heavy atom. The number of piperidine rings is 1. The third-order valence-electron chi connectivity index (χ3n) is 3.64. The highest BCUT2D eigenvalue weighted by molar-refractivity contribution is 5.86. The van der Waals surface area contributed by atoms with Crippen LogP contribution < -0.4 is 10.6 Å². The Hall–Kier alpha value is -0.880. The molecule has 1 aliphatic rings. The summed E-state index contributed by atoms with van der Waals surface area (Å²) < 4.78 is 5.48. The van der Waals surface area contributed by atoms with Crippen LogP contribution in [0.15, 0.2) is 18.3 Å². The number of hydrogen-bond donors (Lipinski definition) is 2. The van der Waals surface area contributed by atoms with Crippen molar-refractivity contribution in [3.8, 4) is 0 Å². The number of carbonyl (C=O) groups excluding carboxylic acids is 1. The van der Waals surface area contributed by atoms with Gasteiger partial charge in [0.1, 0.15) is 5.60 Å². The molecule has 2 heterocycles. The van der Waals surface area contributed by atoms with Crippen LogP contribution >= 0.6 is 24.8 Å². The number of aromatic nitrogens is 1. The minimum absolute atomic E-state index is 0. The van der Waals surface area contributed by atoms with Gasteiger partial charge in [-0.05, 0) is 44.5 Å². The summed E-state index contributed by atoms with van der Waals surface area (Å²) in [7, 11) is 1.61. The van der Waals surface area contributed by atoms with Gasteiger partial charge in [-0.25, -0.2) is 0 Å². The number of rotatable bonds is 4. The minimum atomic E-state index is -0.677. The predicted molar refractivity (Wildman–Crippen MR) is 87.2 cm³/mol. The van der Waals surface area contributed by atoms with E-state index < -0.39 is 5.60 Å². The third kappa shape index (κ3) is 5.11. The summed E-state index contributed by atoms with van der Waals surface area (Å²) in [5, 5.41) is 6.19. The van der Waals surface area contributed by atoms with Gasteiger partial charge in [-0.15, -0.1) is 24.8 Å². The summed E-state index contributed by atoms with van der Waals surface area (Å²) in [5.41, 5.74) is 1.30. The highest BCUT2D eigenvalue weighted by Crippen LogP contribution is 2.22. The molecule has 0 aliphatic carbocycles. The molecule has 0 bridgehead atoms. The lowest BCUT2D eigenvalue weighted by Crippen LogP contribution is -2.53. The topological polar surface area (TPSA) is 63.2 Å². The smallest absolute Gasteiger partial charge is 0.252 e. The third-order valence-corrected chi connectivity index (χ3v) is 3.64. The van der Waals surface area contributed by atoms with Gasteiger partial charge in [0.25, 0.3) is 5.91 Å². The second-order valence-electron chi connectivity index (χ2n) is 4.94. The first kappa shape index (κ1) is 20.1. The molecule has 1 aliphatic heterocycles. The quantitative estimate of drug-likeness (QED) is 0.877. The maximum Gasteiger partial charge on any atom is 0.252 e. The molecule has 0 spiro atoms. The lowest BCUT2D eigenvalue weighted by molar-refractivity contribution is -0.146. The van der Waals surface area contributed by atoms with E-state index in [2.05, 4.69) is 15.6 Å². The van der Waals surface area contributed by atoms with E-state index >= 15 is 0 Å². The van der Waals surface area contributed by atoms with E-state index in [9.17, 15) is 4.79 Å². The summed E-state index contributed by atoms with van der Waals surface area (Å²) in [6.45, 7) is 4.06. The molecule has 1 aromatic heterocycles. The lowest BCUT2D eigenvalue weighted by Gasteiger charge is -2.34. The van der Waals surface area contributed by atoms with Crippen LogP contribution in [0.1, 0.15) is 24.1 Å². The van der Waals surface area contributed by atoms with Gasteiger partial charge in [-0.1, -0.05) is 6.07 Å². The maximum atomic E-state index is 12.3. The summed E-state index contributed by atoms with van der Waals surface area (Å²) in [6.07, 6.45) is 3.21. The number of nitrogens with zero attached hydrogens (tertiary/aromatic N) is 1. The van der Waals surface area contributed by atoms with Crippen LogP contribution in [0.4, 0.5) is 0 Å². The van der Waals surface area contributed by atoms with Crippen molar-refractivity contribution in [1.29, 1.82) is 0 Å². The molecule has 2 rings (SSSR count). The molecule has 2 N–H and O–H groups in total. The molecule has 1 fully saturated rings. The number of nitrogens with one attached hydrogen (secondary N) is 2. The molecule has 120 valence electrons. The summed E-state index contributed by atoms with van der Waals surface area (Å²) in [6, 6.07) is 3.92. The second kappa shape index (κ2) is 9.20. The van der Waals surface area contributed by atoms with E-state index in [1.54, 1.807) is 13.3 Å². The predicted octanol–water partition coefficient (Wildman–Crippen LogP) is 1.62. The Morgan fingerprint density at radius 2 is 2.05 bits per heavy atom. The highest BCUT2D eigenvalue weighted by Gasteiger charge is 2.39. The fourth-order valence-electron chi connectivity index (χ4n) is 2.30. The molecular weight excluding hydrogens is 313 g/mol. The van der Waals surface area contributed by atoms with E-state index in [0.717, 1.165) is 24.3 Å². The Labute approximate surface area is 138 Å². The molecule has 0 unspecified atom stereocenters. The van der Waals surface area contributed by atoms with Gasteiger partial charge in [0, 0.05) is 25.5 Å². The molecule has 7 heteroatoms. The zero-order valence-corrected chi connectivity index (χ0v) is 14.0. The number of carbonyl (C=O) groups is 1. The number of methoxy groups -OCH3 is 1. The van der Waals surface area contributed by atoms with Crippen LogP contribution in [0, 0.1) is 6.92 Å². The van der Waals surface area contributed by atoms with E-state index in [4.69, 9.17) is 4.74 Å². The Morgan fingerprint density at radius 3 is 2.57 bits per heavy atom. The molecule has 0 aromatic carbocycles. The van der Waals surface area contributed by atoms with E-state index in [1.807, 2.05) is 19.1 Å². The maximum absolute atomic E-state index is 12.3.